The third-order valence-corrected chi connectivity index (χ3v) is 4.40. The number of alkyl halides is 3. The first-order valence-corrected chi connectivity index (χ1v) is 8.50. The van der Waals surface area contributed by atoms with E-state index in [1.165, 1.54) is 12.1 Å². The van der Waals surface area contributed by atoms with Gasteiger partial charge in [0.2, 0.25) is 0 Å². The van der Waals surface area contributed by atoms with E-state index in [0.717, 1.165) is 18.6 Å². The van der Waals surface area contributed by atoms with Gasteiger partial charge in [-0.3, -0.25) is 9.59 Å². The first-order valence-electron chi connectivity index (χ1n) is 8.50. The Bertz CT molecular complexity index is 763. The highest BCUT2D eigenvalue weighted by Crippen LogP contribution is 2.45. The maximum Gasteiger partial charge on any atom is 0.416 e. The summed E-state index contributed by atoms with van der Waals surface area (Å²) in [5.74, 6) is -2.81. The molecule has 2 rings (SSSR count). The first kappa shape index (κ1) is 21.5. The van der Waals surface area contributed by atoms with Gasteiger partial charge >= 0.3 is 24.1 Å². The molecule has 0 aliphatic heterocycles. The summed E-state index contributed by atoms with van der Waals surface area (Å²) in [4.78, 5) is 34.2. The van der Waals surface area contributed by atoms with Crippen LogP contribution in [0.5, 0.6) is 0 Å². The average molecular weight is 400 g/mol. The minimum absolute atomic E-state index is 0.197. The molecule has 6 nitrogen and oxygen atoms in total. The Morgan fingerprint density at radius 1 is 1.14 bits per heavy atom. The third-order valence-electron chi connectivity index (χ3n) is 4.40. The van der Waals surface area contributed by atoms with E-state index in [1.54, 1.807) is 0 Å². The van der Waals surface area contributed by atoms with E-state index in [0.29, 0.717) is 18.4 Å². The summed E-state index contributed by atoms with van der Waals surface area (Å²) in [5, 5.41) is 8.49. The van der Waals surface area contributed by atoms with Crippen molar-refractivity contribution >= 4 is 17.9 Å². The molecule has 1 saturated carbocycles. The molecule has 9 heteroatoms. The smallest absolute Gasteiger partial charge is 0.416 e. The molecule has 1 aromatic carbocycles. The number of halogens is 3. The normalized spacial score (nSPS) is 15.2. The third kappa shape index (κ3) is 5.34. The van der Waals surface area contributed by atoms with Gasteiger partial charge in [0.25, 0.3) is 0 Å². The number of benzene rings is 1. The summed E-state index contributed by atoms with van der Waals surface area (Å²) in [6, 6.07) is 4.43. The van der Waals surface area contributed by atoms with Crippen LogP contribution < -0.4 is 0 Å². The zero-order valence-electron chi connectivity index (χ0n) is 14.9. The lowest BCUT2D eigenvalue weighted by molar-refractivity contribution is -0.171. The molecule has 0 atom stereocenters. The molecule has 0 aromatic heterocycles. The van der Waals surface area contributed by atoms with Crippen LogP contribution in [0.4, 0.5) is 13.2 Å². The summed E-state index contributed by atoms with van der Waals surface area (Å²) in [7, 11) is 0. The molecule has 0 saturated heterocycles. The second kappa shape index (κ2) is 8.45. The van der Waals surface area contributed by atoms with Crippen molar-refractivity contribution in [2.24, 2.45) is 0 Å². The number of carboxylic acids is 1. The van der Waals surface area contributed by atoms with Gasteiger partial charge in [-0.2, -0.15) is 13.2 Å². The molecule has 28 heavy (non-hydrogen) atoms. The Balaban J connectivity index is 1.96. The van der Waals surface area contributed by atoms with E-state index in [4.69, 9.17) is 9.84 Å². The van der Waals surface area contributed by atoms with Gasteiger partial charge in [0.1, 0.15) is 12.2 Å². The molecule has 0 bridgehead atoms. The fourth-order valence-corrected chi connectivity index (χ4v) is 2.74. The summed E-state index contributed by atoms with van der Waals surface area (Å²) in [6.45, 7) is 3.08. The van der Waals surface area contributed by atoms with Gasteiger partial charge in [0.15, 0.2) is 0 Å². The minimum atomic E-state index is -4.46. The van der Waals surface area contributed by atoms with Crippen molar-refractivity contribution in [2.45, 2.75) is 43.9 Å². The fraction of sp³-hybridized carbons (Fsp3) is 0.421. The van der Waals surface area contributed by atoms with E-state index >= 15 is 0 Å². The molecule has 0 amide bonds. The molecule has 1 N–H and O–H groups in total. The number of carboxylic acid groups (broad SMARTS) is 1. The molecule has 0 unspecified atom stereocenters. The lowest BCUT2D eigenvalue weighted by Gasteiger charge is -2.41. The Morgan fingerprint density at radius 3 is 2.21 bits per heavy atom. The highest BCUT2D eigenvalue weighted by molar-refractivity contribution is 5.93. The molecule has 1 fully saturated rings. The molecule has 1 aliphatic rings. The van der Waals surface area contributed by atoms with Crippen molar-refractivity contribution in [3.8, 4) is 0 Å². The predicted molar refractivity (Wildman–Crippen MR) is 90.0 cm³/mol. The molecule has 0 radical (unpaired) electrons. The maximum absolute atomic E-state index is 12.7. The van der Waals surface area contributed by atoms with Crippen LogP contribution in [0, 0.1) is 0 Å². The van der Waals surface area contributed by atoms with E-state index in [9.17, 15) is 27.6 Å². The zero-order chi connectivity index (χ0) is 20.9. The second-order valence-electron chi connectivity index (χ2n) is 6.46. The number of esters is 2. The van der Waals surface area contributed by atoms with Crippen LogP contribution in [0.2, 0.25) is 0 Å². The standard InChI is InChI=1S/C19H19F3O6/c1-12(17(26)27-10-7-15(23)24)11-16(25)28-18(8-2-9-18)13-3-5-14(6-4-13)19(20,21)22/h3-6H,1-2,7-11H2,(H,23,24). The number of hydrogen-bond donors (Lipinski definition) is 1. The van der Waals surface area contributed by atoms with Crippen LogP contribution in [-0.4, -0.2) is 29.6 Å². The SMILES string of the molecule is C=C(CC(=O)OC1(c2ccc(C(F)(F)F)cc2)CCC1)C(=O)OCCC(=O)O. The van der Waals surface area contributed by atoms with Crippen LogP contribution in [0.3, 0.4) is 0 Å². The van der Waals surface area contributed by atoms with Crippen LogP contribution in [0.25, 0.3) is 0 Å². The van der Waals surface area contributed by atoms with Gasteiger partial charge in [0, 0.05) is 5.57 Å². The van der Waals surface area contributed by atoms with Crippen LogP contribution in [-0.2, 0) is 35.6 Å². The quantitative estimate of drug-likeness (QED) is 0.530. The molecule has 1 aromatic rings. The average Bonchev–Trinajstić information content (AvgIpc) is 2.57. The van der Waals surface area contributed by atoms with Crippen molar-refractivity contribution < 1.29 is 42.1 Å². The number of carbonyl (C=O) groups is 3. The van der Waals surface area contributed by atoms with E-state index in [2.05, 4.69) is 11.3 Å². The number of rotatable bonds is 8. The van der Waals surface area contributed by atoms with Crippen molar-refractivity contribution in [1.82, 2.24) is 0 Å². The Morgan fingerprint density at radius 2 is 1.75 bits per heavy atom. The Kier molecular flexibility index (Phi) is 6.48. The van der Waals surface area contributed by atoms with Crippen LogP contribution >= 0.6 is 0 Å². The number of aliphatic carboxylic acids is 1. The van der Waals surface area contributed by atoms with Gasteiger partial charge in [-0.15, -0.1) is 0 Å². The Labute approximate surface area is 158 Å². The van der Waals surface area contributed by atoms with Gasteiger partial charge in [0.05, 0.1) is 18.4 Å². The van der Waals surface area contributed by atoms with Crippen molar-refractivity contribution in [2.75, 3.05) is 6.61 Å². The minimum Gasteiger partial charge on any atom is -0.481 e. The molecule has 1 aliphatic carbocycles. The highest BCUT2D eigenvalue weighted by Gasteiger charge is 2.43. The van der Waals surface area contributed by atoms with Crippen molar-refractivity contribution in [1.29, 1.82) is 0 Å². The van der Waals surface area contributed by atoms with Crippen LogP contribution in [0.15, 0.2) is 36.4 Å². The Hall–Kier alpha value is -2.84. The summed E-state index contributed by atoms with van der Waals surface area (Å²) >= 11 is 0. The lowest BCUT2D eigenvalue weighted by atomic mass is 9.74. The summed E-state index contributed by atoms with van der Waals surface area (Å²) < 4.78 is 48.3. The molecular formula is C19H19F3O6. The molecule has 152 valence electrons. The monoisotopic (exact) mass is 400 g/mol. The number of carbonyl (C=O) groups excluding carboxylic acids is 2. The summed E-state index contributed by atoms with van der Waals surface area (Å²) in [6.07, 6.45) is -3.64. The second-order valence-corrected chi connectivity index (χ2v) is 6.46. The number of hydrogen-bond acceptors (Lipinski definition) is 5. The van der Waals surface area contributed by atoms with Crippen LogP contribution in [0.1, 0.15) is 43.2 Å². The van der Waals surface area contributed by atoms with Gasteiger partial charge in [-0.05, 0) is 37.0 Å². The molecular weight excluding hydrogens is 381 g/mol. The van der Waals surface area contributed by atoms with Gasteiger partial charge in [-0.1, -0.05) is 18.7 Å². The molecule has 0 heterocycles. The van der Waals surface area contributed by atoms with Crippen molar-refractivity contribution in [3.05, 3.63) is 47.5 Å². The predicted octanol–water partition coefficient (Wildman–Crippen LogP) is 3.59. The first-order chi connectivity index (χ1) is 13.0. The summed E-state index contributed by atoms with van der Waals surface area (Å²) in [5.41, 5.74) is -1.56. The van der Waals surface area contributed by atoms with E-state index < -0.39 is 41.7 Å². The topological polar surface area (TPSA) is 89.9 Å². The largest absolute Gasteiger partial charge is 0.481 e. The zero-order valence-corrected chi connectivity index (χ0v) is 14.9. The fourth-order valence-electron chi connectivity index (χ4n) is 2.74. The number of ether oxygens (including phenoxy) is 2. The van der Waals surface area contributed by atoms with E-state index in [1.807, 2.05) is 0 Å². The lowest BCUT2D eigenvalue weighted by Crippen LogP contribution is -2.39. The maximum atomic E-state index is 12.7. The highest BCUT2D eigenvalue weighted by atomic mass is 19.4. The van der Waals surface area contributed by atoms with Gasteiger partial charge < -0.3 is 14.6 Å². The van der Waals surface area contributed by atoms with Crippen molar-refractivity contribution in [3.63, 3.8) is 0 Å². The van der Waals surface area contributed by atoms with E-state index in [-0.39, 0.29) is 18.6 Å². The van der Waals surface area contributed by atoms with Gasteiger partial charge in [-0.25, -0.2) is 4.79 Å². The molecule has 0 spiro atoms.